The highest BCUT2D eigenvalue weighted by Gasteiger charge is 2.27. The van der Waals surface area contributed by atoms with Crippen LogP contribution in [-0.2, 0) is 13.0 Å². The number of nitrogens with zero attached hydrogens (tertiary/aromatic N) is 6. The van der Waals surface area contributed by atoms with Crippen LogP contribution in [0.5, 0.6) is 0 Å². The molecule has 0 atom stereocenters. The van der Waals surface area contributed by atoms with Gasteiger partial charge in [0.25, 0.3) is 0 Å². The van der Waals surface area contributed by atoms with Gasteiger partial charge in [0.05, 0.1) is 6.54 Å². The van der Waals surface area contributed by atoms with Crippen LogP contribution in [0.25, 0.3) is 0 Å². The zero-order valence-electron chi connectivity index (χ0n) is 13.8. The van der Waals surface area contributed by atoms with Gasteiger partial charge in [-0.3, -0.25) is 4.90 Å². The summed E-state index contributed by atoms with van der Waals surface area (Å²) in [6, 6.07) is 1.53. The number of rotatable bonds is 5. The Morgan fingerprint density at radius 1 is 1.16 bits per heavy atom. The van der Waals surface area contributed by atoms with Gasteiger partial charge in [0.15, 0.2) is 5.82 Å². The lowest BCUT2D eigenvalue weighted by molar-refractivity contribution is -0.134. The SMILES string of the molecule is Cc1nc(CN2CCN(c3nccc(CCC(F)(F)F)n3)CC2)no1. The molecule has 0 aromatic carbocycles. The Kier molecular flexibility index (Phi) is 5.16. The van der Waals surface area contributed by atoms with Gasteiger partial charge in [0.1, 0.15) is 0 Å². The number of piperazine rings is 1. The molecule has 0 amide bonds. The van der Waals surface area contributed by atoms with E-state index in [1.54, 1.807) is 6.92 Å². The van der Waals surface area contributed by atoms with Crippen LogP contribution in [0.3, 0.4) is 0 Å². The van der Waals surface area contributed by atoms with Gasteiger partial charge in [-0.25, -0.2) is 9.97 Å². The summed E-state index contributed by atoms with van der Waals surface area (Å²) in [6.45, 7) is 5.28. The van der Waals surface area contributed by atoms with Crippen LogP contribution in [0.4, 0.5) is 19.1 Å². The molecule has 0 radical (unpaired) electrons. The van der Waals surface area contributed by atoms with Crippen molar-refractivity contribution in [2.24, 2.45) is 0 Å². The number of alkyl halides is 3. The van der Waals surface area contributed by atoms with Gasteiger partial charge in [-0.2, -0.15) is 18.2 Å². The first-order valence-corrected chi connectivity index (χ1v) is 8.04. The molecule has 10 heteroatoms. The zero-order chi connectivity index (χ0) is 17.9. The molecule has 0 unspecified atom stereocenters. The van der Waals surface area contributed by atoms with E-state index in [1.165, 1.54) is 12.3 Å². The first kappa shape index (κ1) is 17.6. The van der Waals surface area contributed by atoms with Crippen molar-refractivity contribution < 1.29 is 17.7 Å². The monoisotopic (exact) mass is 356 g/mol. The van der Waals surface area contributed by atoms with Crippen molar-refractivity contribution in [3.8, 4) is 0 Å². The maximum Gasteiger partial charge on any atom is 0.389 e. The summed E-state index contributed by atoms with van der Waals surface area (Å²) in [6.07, 6.45) is -3.66. The summed E-state index contributed by atoms with van der Waals surface area (Å²) in [4.78, 5) is 16.8. The lowest BCUT2D eigenvalue weighted by atomic mass is 10.2. The normalized spacial score (nSPS) is 16.4. The number of hydrogen-bond acceptors (Lipinski definition) is 7. The third-order valence-corrected chi connectivity index (χ3v) is 3.95. The first-order chi connectivity index (χ1) is 11.9. The van der Waals surface area contributed by atoms with Gasteiger partial charge in [-0.1, -0.05) is 5.16 Å². The summed E-state index contributed by atoms with van der Waals surface area (Å²) in [5.41, 5.74) is 0.409. The Bertz CT molecular complexity index is 697. The van der Waals surface area contributed by atoms with Crippen LogP contribution in [-0.4, -0.2) is 57.4 Å². The van der Waals surface area contributed by atoms with Crippen molar-refractivity contribution in [1.82, 2.24) is 25.0 Å². The molecule has 1 aliphatic heterocycles. The predicted octanol–water partition coefficient (Wildman–Crippen LogP) is 1.99. The number of aryl methyl sites for hydroxylation is 2. The minimum Gasteiger partial charge on any atom is -0.340 e. The molecule has 2 aromatic rings. The van der Waals surface area contributed by atoms with E-state index < -0.39 is 12.6 Å². The van der Waals surface area contributed by atoms with Gasteiger partial charge in [-0.15, -0.1) is 0 Å². The quantitative estimate of drug-likeness (QED) is 0.811. The Balaban J connectivity index is 1.54. The zero-order valence-corrected chi connectivity index (χ0v) is 13.8. The fraction of sp³-hybridized carbons (Fsp3) is 0.600. The minimum absolute atomic E-state index is 0.129. The molecule has 1 saturated heterocycles. The Morgan fingerprint density at radius 2 is 1.92 bits per heavy atom. The Labute approximate surface area is 142 Å². The van der Waals surface area contributed by atoms with E-state index in [-0.39, 0.29) is 6.42 Å². The fourth-order valence-electron chi connectivity index (χ4n) is 2.66. The highest BCUT2D eigenvalue weighted by Crippen LogP contribution is 2.22. The third-order valence-electron chi connectivity index (χ3n) is 3.95. The highest BCUT2D eigenvalue weighted by molar-refractivity contribution is 5.31. The van der Waals surface area contributed by atoms with Gasteiger partial charge < -0.3 is 9.42 Å². The van der Waals surface area contributed by atoms with Crippen molar-refractivity contribution in [3.05, 3.63) is 29.7 Å². The number of hydrogen-bond donors (Lipinski definition) is 0. The average Bonchev–Trinajstić information content (AvgIpc) is 2.98. The maximum atomic E-state index is 12.3. The molecule has 0 bridgehead atoms. The van der Waals surface area contributed by atoms with Crippen molar-refractivity contribution in [2.45, 2.75) is 32.5 Å². The molecule has 7 nitrogen and oxygen atoms in total. The molecule has 136 valence electrons. The molecule has 25 heavy (non-hydrogen) atoms. The fourth-order valence-corrected chi connectivity index (χ4v) is 2.66. The Hall–Kier alpha value is -2.23. The van der Waals surface area contributed by atoms with Crippen molar-refractivity contribution in [1.29, 1.82) is 0 Å². The summed E-state index contributed by atoms with van der Waals surface area (Å²) >= 11 is 0. The van der Waals surface area contributed by atoms with E-state index in [4.69, 9.17) is 4.52 Å². The minimum atomic E-state index is -4.18. The maximum absolute atomic E-state index is 12.3. The highest BCUT2D eigenvalue weighted by atomic mass is 19.4. The summed E-state index contributed by atoms with van der Waals surface area (Å²) in [7, 11) is 0. The molecule has 3 rings (SSSR count). The number of aromatic nitrogens is 4. The molecule has 0 spiro atoms. The smallest absolute Gasteiger partial charge is 0.340 e. The van der Waals surface area contributed by atoms with E-state index in [2.05, 4.69) is 25.0 Å². The van der Waals surface area contributed by atoms with Crippen molar-refractivity contribution >= 4 is 5.95 Å². The number of anilines is 1. The largest absolute Gasteiger partial charge is 0.389 e. The van der Waals surface area contributed by atoms with E-state index in [0.29, 0.717) is 43.0 Å². The first-order valence-electron chi connectivity index (χ1n) is 8.04. The molecule has 0 N–H and O–H groups in total. The standard InChI is InChI=1S/C15H19F3N6O/c1-11-20-13(22-25-11)10-23-6-8-24(9-7-23)14-19-5-3-12(21-14)2-4-15(16,17)18/h3,5H,2,4,6-10H2,1H3. The third kappa shape index (κ3) is 5.12. The second kappa shape index (κ2) is 7.34. The molecule has 3 heterocycles. The van der Waals surface area contributed by atoms with Crippen LogP contribution in [0.2, 0.25) is 0 Å². The lowest BCUT2D eigenvalue weighted by Gasteiger charge is -2.34. The van der Waals surface area contributed by atoms with Crippen LogP contribution in [0.15, 0.2) is 16.8 Å². The summed E-state index contributed by atoms with van der Waals surface area (Å²) in [5.74, 6) is 1.67. The molecule has 2 aromatic heterocycles. The Morgan fingerprint density at radius 3 is 2.56 bits per heavy atom. The average molecular weight is 356 g/mol. The summed E-state index contributed by atoms with van der Waals surface area (Å²) in [5, 5.41) is 3.88. The van der Waals surface area contributed by atoms with Gasteiger partial charge in [0, 0.05) is 51.4 Å². The molecular formula is C15H19F3N6O. The van der Waals surface area contributed by atoms with Crippen LogP contribution in [0, 0.1) is 6.92 Å². The van der Waals surface area contributed by atoms with E-state index in [9.17, 15) is 13.2 Å². The van der Waals surface area contributed by atoms with E-state index in [1.807, 2.05) is 4.90 Å². The number of halogens is 3. The lowest BCUT2D eigenvalue weighted by Crippen LogP contribution is -2.46. The van der Waals surface area contributed by atoms with Crippen molar-refractivity contribution in [2.75, 3.05) is 31.1 Å². The molecule has 1 aliphatic rings. The molecule has 0 aliphatic carbocycles. The van der Waals surface area contributed by atoms with Gasteiger partial charge in [0.2, 0.25) is 11.8 Å². The summed E-state index contributed by atoms with van der Waals surface area (Å²) < 4.78 is 42.0. The molecule has 1 fully saturated rings. The van der Waals surface area contributed by atoms with E-state index in [0.717, 1.165) is 13.1 Å². The topological polar surface area (TPSA) is 71.2 Å². The van der Waals surface area contributed by atoms with Crippen LogP contribution in [0.1, 0.15) is 23.8 Å². The van der Waals surface area contributed by atoms with Crippen molar-refractivity contribution in [3.63, 3.8) is 0 Å². The van der Waals surface area contributed by atoms with Gasteiger partial charge in [-0.05, 0) is 12.5 Å². The molecular weight excluding hydrogens is 337 g/mol. The van der Waals surface area contributed by atoms with Gasteiger partial charge >= 0.3 is 6.18 Å². The van der Waals surface area contributed by atoms with E-state index >= 15 is 0 Å². The second-order valence-corrected chi connectivity index (χ2v) is 5.96. The predicted molar refractivity (Wildman–Crippen MR) is 82.9 cm³/mol. The van der Waals surface area contributed by atoms with Crippen LogP contribution < -0.4 is 4.90 Å². The molecule has 0 saturated carbocycles. The second-order valence-electron chi connectivity index (χ2n) is 5.96. The van der Waals surface area contributed by atoms with Crippen LogP contribution >= 0.6 is 0 Å².